The molecule has 0 bridgehead atoms. The lowest BCUT2D eigenvalue weighted by molar-refractivity contribution is 0.284. The molecule has 0 aliphatic heterocycles. The van der Waals surface area contributed by atoms with Gasteiger partial charge in [0.05, 0.1) is 0 Å². The van der Waals surface area contributed by atoms with E-state index in [1.54, 1.807) is 0 Å². The maximum Gasteiger partial charge on any atom is 0.00196 e. The summed E-state index contributed by atoms with van der Waals surface area (Å²) in [5.41, 5.74) is 0. The van der Waals surface area contributed by atoms with Gasteiger partial charge in [-0.25, -0.2) is 0 Å². The normalized spacial score (nSPS) is 50.7. The van der Waals surface area contributed by atoms with Crippen LogP contribution in [0.4, 0.5) is 0 Å². The van der Waals surface area contributed by atoms with Gasteiger partial charge in [0.25, 0.3) is 0 Å². The summed E-state index contributed by atoms with van der Waals surface area (Å²) in [5.74, 6) is 3.12. The lowest BCUT2D eigenvalue weighted by Gasteiger charge is -2.28. The highest BCUT2D eigenvalue weighted by molar-refractivity contribution is 7.80. The zero-order chi connectivity index (χ0) is 7.84. The lowest BCUT2D eigenvalue weighted by Crippen LogP contribution is -2.20. The summed E-state index contributed by atoms with van der Waals surface area (Å²) >= 11 is 4.57. The molecule has 0 spiro atoms. The van der Waals surface area contributed by atoms with Crippen molar-refractivity contribution in [2.24, 2.45) is 17.8 Å². The van der Waals surface area contributed by atoms with E-state index < -0.39 is 0 Å². The van der Waals surface area contributed by atoms with Crippen LogP contribution in [0.1, 0.15) is 39.0 Å². The molecule has 0 aromatic rings. The second-order valence-electron chi connectivity index (χ2n) is 4.56. The summed E-state index contributed by atoms with van der Waals surface area (Å²) in [5, 5.41) is 0.724. The Kier molecular flexibility index (Phi) is 2.18. The zero-order valence-electron chi connectivity index (χ0n) is 7.29. The average molecular weight is 170 g/mol. The molecule has 0 aromatic heterocycles. The minimum Gasteiger partial charge on any atom is -0.176 e. The molecule has 2 saturated carbocycles. The molecular weight excluding hydrogens is 152 g/mol. The number of hydrogen-bond donors (Lipinski definition) is 1. The van der Waals surface area contributed by atoms with Gasteiger partial charge in [0, 0.05) is 5.25 Å². The van der Waals surface area contributed by atoms with Crippen LogP contribution in [0.15, 0.2) is 0 Å². The van der Waals surface area contributed by atoms with E-state index in [-0.39, 0.29) is 0 Å². The minimum atomic E-state index is 0.724. The quantitative estimate of drug-likeness (QED) is 0.531. The first-order chi connectivity index (χ1) is 5.25. The van der Waals surface area contributed by atoms with E-state index >= 15 is 0 Å². The number of fused-ring (bicyclic) bond motifs is 1. The molecule has 4 atom stereocenters. The van der Waals surface area contributed by atoms with Crippen molar-refractivity contribution in [3.05, 3.63) is 0 Å². The molecule has 0 nitrogen and oxygen atoms in total. The Balaban J connectivity index is 1.97. The van der Waals surface area contributed by atoms with Gasteiger partial charge in [0.15, 0.2) is 0 Å². The molecule has 2 aliphatic rings. The largest absolute Gasteiger partial charge is 0.176 e. The van der Waals surface area contributed by atoms with Gasteiger partial charge in [-0.1, -0.05) is 6.92 Å². The first-order valence-corrected chi connectivity index (χ1v) is 5.45. The van der Waals surface area contributed by atoms with Gasteiger partial charge in [-0.2, -0.15) is 12.6 Å². The van der Waals surface area contributed by atoms with E-state index in [9.17, 15) is 0 Å². The average Bonchev–Trinajstić information content (AvgIpc) is 2.27. The molecule has 2 fully saturated rings. The number of rotatable bonds is 0. The summed E-state index contributed by atoms with van der Waals surface area (Å²) in [4.78, 5) is 0. The minimum absolute atomic E-state index is 0.724. The van der Waals surface area contributed by atoms with Crippen molar-refractivity contribution in [3.8, 4) is 0 Å². The van der Waals surface area contributed by atoms with Crippen LogP contribution < -0.4 is 0 Å². The topological polar surface area (TPSA) is 0 Å². The van der Waals surface area contributed by atoms with Gasteiger partial charge in [-0.15, -0.1) is 0 Å². The molecule has 0 saturated heterocycles. The third-order valence-electron chi connectivity index (χ3n) is 3.52. The lowest BCUT2D eigenvalue weighted by atomic mass is 9.81. The van der Waals surface area contributed by atoms with Crippen molar-refractivity contribution >= 4 is 12.6 Å². The Morgan fingerprint density at radius 1 is 1.00 bits per heavy atom. The van der Waals surface area contributed by atoms with E-state index in [2.05, 4.69) is 19.6 Å². The fourth-order valence-corrected chi connectivity index (χ4v) is 3.45. The molecule has 1 heteroatoms. The van der Waals surface area contributed by atoms with Crippen LogP contribution in [-0.2, 0) is 0 Å². The van der Waals surface area contributed by atoms with Crippen LogP contribution >= 0.6 is 12.6 Å². The second-order valence-corrected chi connectivity index (χ2v) is 5.29. The van der Waals surface area contributed by atoms with E-state index in [1.807, 2.05) is 0 Å². The monoisotopic (exact) mass is 170 g/mol. The van der Waals surface area contributed by atoms with Crippen molar-refractivity contribution in [1.29, 1.82) is 0 Å². The molecule has 0 heterocycles. The molecule has 0 aromatic carbocycles. The van der Waals surface area contributed by atoms with Gasteiger partial charge < -0.3 is 0 Å². The molecular formula is C10H18S. The Bertz CT molecular complexity index is 144. The second kappa shape index (κ2) is 3.01. The molecule has 2 aliphatic carbocycles. The third kappa shape index (κ3) is 1.58. The van der Waals surface area contributed by atoms with Crippen LogP contribution in [0.5, 0.6) is 0 Å². The van der Waals surface area contributed by atoms with E-state index in [1.165, 1.54) is 32.1 Å². The van der Waals surface area contributed by atoms with Crippen molar-refractivity contribution < 1.29 is 0 Å². The summed E-state index contributed by atoms with van der Waals surface area (Å²) in [6.07, 6.45) is 7.23. The van der Waals surface area contributed by atoms with E-state index in [4.69, 9.17) is 0 Å². The Morgan fingerprint density at radius 3 is 2.55 bits per heavy atom. The van der Waals surface area contributed by atoms with Crippen molar-refractivity contribution in [3.63, 3.8) is 0 Å². The fraction of sp³-hybridized carbons (Fsp3) is 1.00. The molecule has 0 amide bonds. The molecule has 0 N–H and O–H groups in total. The van der Waals surface area contributed by atoms with E-state index in [0.717, 1.165) is 23.0 Å². The predicted molar refractivity (Wildman–Crippen MR) is 52.0 cm³/mol. The van der Waals surface area contributed by atoms with E-state index in [0.29, 0.717) is 0 Å². The fourth-order valence-electron chi connectivity index (χ4n) is 3.03. The summed E-state index contributed by atoms with van der Waals surface area (Å²) in [7, 11) is 0. The Labute approximate surface area is 75.2 Å². The summed E-state index contributed by atoms with van der Waals surface area (Å²) in [6, 6.07) is 0. The predicted octanol–water partition coefficient (Wildman–Crippen LogP) is 3.13. The number of hydrogen-bond acceptors (Lipinski definition) is 1. The standard InChI is InChI=1S/C10H18S/c1-7-4-8-2-3-10(11)6-9(8)5-7/h7-11H,2-6H2,1H3. The molecule has 11 heavy (non-hydrogen) atoms. The first-order valence-electron chi connectivity index (χ1n) is 4.93. The molecule has 4 unspecified atom stereocenters. The summed E-state index contributed by atoms with van der Waals surface area (Å²) < 4.78 is 0. The first kappa shape index (κ1) is 7.97. The SMILES string of the molecule is CC1CC2CCC(S)CC2C1. The smallest absolute Gasteiger partial charge is 0.00196 e. The van der Waals surface area contributed by atoms with Crippen LogP contribution in [0.25, 0.3) is 0 Å². The molecule has 0 radical (unpaired) electrons. The van der Waals surface area contributed by atoms with Gasteiger partial charge in [-0.05, 0) is 49.9 Å². The molecule has 64 valence electrons. The Hall–Kier alpha value is 0.350. The Morgan fingerprint density at radius 2 is 1.73 bits per heavy atom. The van der Waals surface area contributed by atoms with Crippen molar-refractivity contribution in [1.82, 2.24) is 0 Å². The van der Waals surface area contributed by atoms with Crippen molar-refractivity contribution in [2.75, 3.05) is 0 Å². The maximum absolute atomic E-state index is 4.57. The van der Waals surface area contributed by atoms with Gasteiger partial charge >= 0.3 is 0 Å². The maximum atomic E-state index is 4.57. The highest BCUT2D eigenvalue weighted by Crippen LogP contribution is 2.45. The third-order valence-corrected chi connectivity index (χ3v) is 3.99. The van der Waals surface area contributed by atoms with Gasteiger partial charge in [0.2, 0.25) is 0 Å². The summed E-state index contributed by atoms with van der Waals surface area (Å²) in [6.45, 7) is 2.41. The number of thiol groups is 1. The van der Waals surface area contributed by atoms with Crippen LogP contribution in [0.3, 0.4) is 0 Å². The zero-order valence-corrected chi connectivity index (χ0v) is 8.19. The van der Waals surface area contributed by atoms with Crippen LogP contribution in [0.2, 0.25) is 0 Å². The van der Waals surface area contributed by atoms with Gasteiger partial charge in [0.1, 0.15) is 0 Å². The van der Waals surface area contributed by atoms with Gasteiger partial charge in [-0.3, -0.25) is 0 Å². The molecule has 2 rings (SSSR count). The highest BCUT2D eigenvalue weighted by Gasteiger charge is 2.35. The van der Waals surface area contributed by atoms with Crippen molar-refractivity contribution in [2.45, 2.75) is 44.3 Å². The highest BCUT2D eigenvalue weighted by atomic mass is 32.1. The van der Waals surface area contributed by atoms with Crippen LogP contribution in [-0.4, -0.2) is 5.25 Å². The van der Waals surface area contributed by atoms with Crippen LogP contribution in [0, 0.1) is 17.8 Å².